The molecule has 1 amide bonds. The van der Waals surface area contributed by atoms with Crippen molar-refractivity contribution in [3.05, 3.63) is 29.8 Å². The summed E-state index contributed by atoms with van der Waals surface area (Å²) in [5.41, 5.74) is 0.885. The van der Waals surface area contributed by atoms with Gasteiger partial charge in [-0.25, -0.2) is 0 Å². The van der Waals surface area contributed by atoms with Gasteiger partial charge in [0.1, 0.15) is 5.75 Å². The second kappa shape index (κ2) is 3.28. The highest BCUT2D eigenvalue weighted by Gasteiger charge is 2.59. The van der Waals surface area contributed by atoms with E-state index in [1.807, 2.05) is 30.1 Å². The first kappa shape index (κ1) is 10.4. The molecule has 1 aromatic rings. The summed E-state index contributed by atoms with van der Waals surface area (Å²) in [7, 11) is 1.91. The number of piperidine rings is 1. The zero-order valence-corrected chi connectivity index (χ0v) is 10.6. The average molecular weight is 243 g/mol. The molecule has 2 bridgehead atoms. The van der Waals surface area contributed by atoms with Crippen LogP contribution in [0.25, 0.3) is 0 Å². The summed E-state index contributed by atoms with van der Waals surface area (Å²) in [5.74, 6) is 2.06. The smallest absolute Gasteiger partial charge is 0.226 e. The number of carbonyl (C=O) groups is 1. The van der Waals surface area contributed by atoms with E-state index in [1.165, 1.54) is 12.0 Å². The largest absolute Gasteiger partial charge is 0.467 e. The highest BCUT2D eigenvalue weighted by Crippen LogP contribution is 2.57. The molecule has 0 N–H and O–H groups in total. The lowest BCUT2D eigenvalue weighted by molar-refractivity contribution is -0.175. The Bertz CT molecular complexity index is 527. The molecule has 3 atom stereocenters. The third-order valence-electron chi connectivity index (χ3n) is 5.06. The molecule has 3 nitrogen and oxygen atoms in total. The number of nitrogens with zero attached hydrogens (tertiary/aromatic N) is 1. The lowest BCUT2D eigenvalue weighted by Crippen LogP contribution is -2.63. The predicted octanol–water partition coefficient (Wildman–Crippen LogP) is 2.52. The molecule has 2 heterocycles. The molecule has 0 radical (unpaired) electrons. The van der Waals surface area contributed by atoms with Crippen molar-refractivity contribution < 1.29 is 9.53 Å². The number of ether oxygens (including phenoxy) is 1. The third-order valence-corrected chi connectivity index (χ3v) is 5.06. The van der Waals surface area contributed by atoms with Gasteiger partial charge in [0.2, 0.25) is 5.91 Å². The number of hydrogen-bond acceptors (Lipinski definition) is 2. The molecule has 1 saturated heterocycles. The lowest BCUT2D eigenvalue weighted by Gasteiger charge is -2.53. The molecule has 1 aromatic carbocycles. The van der Waals surface area contributed by atoms with E-state index in [9.17, 15) is 4.79 Å². The van der Waals surface area contributed by atoms with Crippen LogP contribution in [0.15, 0.2) is 24.3 Å². The third kappa shape index (κ3) is 1.08. The minimum atomic E-state index is -0.353. The van der Waals surface area contributed by atoms with Crippen molar-refractivity contribution in [2.75, 3.05) is 7.05 Å². The molecule has 18 heavy (non-hydrogen) atoms. The fraction of sp³-hybridized carbons (Fsp3) is 0.533. The molecule has 0 spiro atoms. The van der Waals surface area contributed by atoms with Crippen molar-refractivity contribution in [3.8, 4) is 5.75 Å². The molecule has 1 saturated carbocycles. The number of fused-ring (bicyclic) bond motifs is 2. The zero-order valence-electron chi connectivity index (χ0n) is 10.6. The number of benzene rings is 1. The van der Waals surface area contributed by atoms with Crippen molar-refractivity contribution in [1.29, 1.82) is 0 Å². The van der Waals surface area contributed by atoms with Crippen LogP contribution in [0.4, 0.5) is 0 Å². The van der Waals surface area contributed by atoms with E-state index in [2.05, 4.69) is 6.07 Å². The van der Waals surface area contributed by atoms with E-state index in [1.54, 1.807) is 0 Å². The zero-order chi connectivity index (χ0) is 12.3. The number of hydrogen-bond donors (Lipinski definition) is 0. The molecule has 1 aliphatic carbocycles. The van der Waals surface area contributed by atoms with Gasteiger partial charge in [0, 0.05) is 31.7 Å². The Morgan fingerprint density at radius 2 is 2.22 bits per heavy atom. The lowest BCUT2D eigenvalue weighted by atomic mass is 9.73. The van der Waals surface area contributed by atoms with Crippen LogP contribution in [0.3, 0.4) is 0 Å². The van der Waals surface area contributed by atoms with Gasteiger partial charge in [0.25, 0.3) is 0 Å². The Labute approximate surface area is 107 Å². The van der Waals surface area contributed by atoms with Gasteiger partial charge in [-0.1, -0.05) is 18.2 Å². The van der Waals surface area contributed by atoms with Gasteiger partial charge in [0.15, 0.2) is 5.72 Å². The number of carbonyl (C=O) groups excluding carboxylic acids is 1. The highest BCUT2D eigenvalue weighted by molar-refractivity contribution is 5.80. The highest BCUT2D eigenvalue weighted by atomic mass is 16.5. The quantitative estimate of drug-likeness (QED) is 0.700. The van der Waals surface area contributed by atoms with Gasteiger partial charge < -0.3 is 9.64 Å². The van der Waals surface area contributed by atoms with Crippen LogP contribution in [-0.4, -0.2) is 23.6 Å². The number of amides is 1. The standard InChI is InChI=1S/C15H17NO2/c1-16-14(17)9-11-10-5-2-3-7-13(10)18-15(16)8-4-6-12(11)15/h2-3,5,7,11-12H,4,6,8-9H2,1H3/t11-,12-,15+/m1/s1. The minimum absolute atomic E-state index is 0.229. The van der Waals surface area contributed by atoms with Crippen molar-refractivity contribution in [2.24, 2.45) is 5.92 Å². The fourth-order valence-electron chi connectivity index (χ4n) is 4.19. The molecule has 3 aliphatic rings. The fourth-order valence-corrected chi connectivity index (χ4v) is 4.19. The van der Waals surface area contributed by atoms with E-state index < -0.39 is 0 Å². The molecule has 3 heteroatoms. The number of para-hydroxylation sites is 1. The minimum Gasteiger partial charge on any atom is -0.467 e. The van der Waals surface area contributed by atoms with Gasteiger partial charge in [-0.3, -0.25) is 4.79 Å². The Morgan fingerprint density at radius 1 is 1.39 bits per heavy atom. The van der Waals surface area contributed by atoms with E-state index in [0.717, 1.165) is 18.6 Å². The van der Waals surface area contributed by atoms with Gasteiger partial charge in [-0.2, -0.15) is 0 Å². The topological polar surface area (TPSA) is 29.5 Å². The van der Waals surface area contributed by atoms with E-state index in [-0.39, 0.29) is 11.6 Å². The second-order valence-electron chi connectivity index (χ2n) is 5.75. The monoisotopic (exact) mass is 243 g/mol. The summed E-state index contributed by atoms with van der Waals surface area (Å²) in [4.78, 5) is 14.1. The first-order valence-electron chi connectivity index (χ1n) is 6.77. The summed E-state index contributed by atoms with van der Waals surface area (Å²) in [5, 5.41) is 0. The van der Waals surface area contributed by atoms with Crippen molar-refractivity contribution >= 4 is 5.91 Å². The number of rotatable bonds is 0. The Hall–Kier alpha value is -1.51. The molecular formula is C15H17NO2. The molecule has 0 aromatic heterocycles. The summed E-state index contributed by atoms with van der Waals surface area (Å²) in [6, 6.07) is 8.23. The van der Waals surface area contributed by atoms with Crippen LogP contribution in [0.1, 0.15) is 37.2 Å². The maximum absolute atomic E-state index is 12.2. The van der Waals surface area contributed by atoms with Crippen molar-refractivity contribution in [2.45, 2.75) is 37.3 Å². The molecule has 0 unspecified atom stereocenters. The van der Waals surface area contributed by atoms with Crippen LogP contribution >= 0.6 is 0 Å². The van der Waals surface area contributed by atoms with Gasteiger partial charge in [0.05, 0.1) is 0 Å². The van der Waals surface area contributed by atoms with Gasteiger partial charge in [-0.15, -0.1) is 0 Å². The first-order valence-corrected chi connectivity index (χ1v) is 6.77. The van der Waals surface area contributed by atoms with Crippen LogP contribution in [-0.2, 0) is 4.79 Å². The maximum atomic E-state index is 12.2. The van der Waals surface area contributed by atoms with Gasteiger partial charge >= 0.3 is 0 Å². The average Bonchev–Trinajstić information content (AvgIpc) is 2.81. The van der Waals surface area contributed by atoms with Crippen molar-refractivity contribution in [3.63, 3.8) is 0 Å². The van der Waals surface area contributed by atoms with Crippen molar-refractivity contribution in [1.82, 2.24) is 4.90 Å². The van der Waals surface area contributed by atoms with Crippen LogP contribution in [0.5, 0.6) is 5.75 Å². The molecule has 4 rings (SSSR count). The normalized spacial score (nSPS) is 36.9. The van der Waals surface area contributed by atoms with E-state index >= 15 is 0 Å². The summed E-state index contributed by atoms with van der Waals surface area (Å²) >= 11 is 0. The number of likely N-dealkylation sites (tertiary alicyclic amines) is 1. The van der Waals surface area contributed by atoms with Crippen LogP contribution < -0.4 is 4.74 Å². The Balaban J connectivity index is 1.93. The molecule has 2 fully saturated rings. The first-order chi connectivity index (χ1) is 8.72. The van der Waals surface area contributed by atoms with Crippen LogP contribution in [0, 0.1) is 5.92 Å². The summed E-state index contributed by atoms with van der Waals surface area (Å²) in [6.07, 6.45) is 3.96. The van der Waals surface area contributed by atoms with Crippen LogP contribution in [0.2, 0.25) is 0 Å². The summed E-state index contributed by atoms with van der Waals surface area (Å²) in [6.45, 7) is 0. The van der Waals surface area contributed by atoms with Gasteiger partial charge in [-0.05, 0) is 24.5 Å². The van der Waals surface area contributed by atoms with E-state index in [4.69, 9.17) is 4.74 Å². The SMILES string of the molecule is CN1C(=O)C[C@@H]2c3ccccc3O[C@]13CCC[C@H]23. The van der Waals surface area contributed by atoms with E-state index in [0.29, 0.717) is 18.3 Å². The summed E-state index contributed by atoms with van der Waals surface area (Å²) < 4.78 is 6.30. The Morgan fingerprint density at radius 3 is 3.11 bits per heavy atom. The predicted molar refractivity (Wildman–Crippen MR) is 67.3 cm³/mol. The molecule has 2 aliphatic heterocycles. The molecule has 94 valence electrons. The molecular weight excluding hydrogens is 226 g/mol. The Kier molecular flexibility index (Phi) is 1.90. The second-order valence-corrected chi connectivity index (χ2v) is 5.75. The maximum Gasteiger partial charge on any atom is 0.226 e.